The number of hydrogen-bond acceptors (Lipinski definition) is 4. The fraction of sp³-hybridized carbons (Fsp3) is 0.625. The van der Waals surface area contributed by atoms with E-state index in [1.54, 1.807) is 7.11 Å². The number of methoxy groups -OCH3 is 2. The van der Waals surface area contributed by atoms with Crippen LogP contribution in [-0.4, -0.2) is 37.8 Å². The van der Waals surface area contributed by atoms with Crippen LogP contribution < -0.4 is 10.5 Å². The van der Waals surface area contributed by atoms with Gasteiger partial charge in [-0.05, 0) is 37.9 Å². The second-order valence-corrected chi connectivity index (χ2v) is 5.82. The van der Waals surface area contributed by atoms with Crippen LogP contribution in [0.5, 0.6) is 5.75 Å². The smallest absolute Gasteiger partial charge is 0.123 e. The lowest BCUT2D eigenvalue weighted by Crippen LogP contribution is -2.46. The minimum Gasteiger partial charge on any atom is -0.496 e. The summed E-state index contributed by atoms with van der Waals surface area (Å²) in [6.07, 6.45) is 2.32. The second kappa shape index (κ2) is 6.57. The Balaban J connectivity index is 2.06. The molecule has 0 radical (unpaired) electrons. The molecule has 2 N–H and O–H groups in total. The van der Waals surface area contributed by atoms with E-state index in [0.717, 1.165) is 37.4 Å². The van der Waals surface area contributed by atoms with E-state index in [9.17, 15) is 0 Å². The Kier molecular flexibility index (Phi) is 5.02. The summed E-state index contributed by atoms with van der Waals surface area (Å²) in [5, 5.41) is 0. The molecule has 1 aliphatic heterocycles. The predicted octanol–water partition coefficient (Wildman–Crippen LogP) is 2.15. The summed E-state index contributed by atoms with van der Waals surface area (Å²) in [6.45, 7) is 5.73. The molecule has 0 bridgehead atoms. The third-order valence-electron chi connectivity index (χ3n) is 4.21. The van der Waals surface area contributed by atoms with Crippen LogP contribution in [0.15, 0.2) is 18.2 Å². The first-order valence-electron chi connectivity index (χ1n) is 7.23. The number of nitrogens with zero attached hydrogens (tertiary/aromatic N) is 1. The lowest BCUT2D eigenvalue weighted by atomic mass is 9.94. The molecule has 1 aromatic rings. The normalized spacial score (nSPS) is 23.8. The van der Waals surface area contributed by atoms with Crippen LogP contribution in [-0.2, 0) is 17.8 Å². The summed E-state index contributed by atoms with van der Waals surface area (Å²) in [7, 11) is 3.50. The lowest BCUT2D eigenvalue weighted by Gasteiger charge is -2.39. The molecular weight excluding hydrogens is 252 g/mol. The number of likely N-dealkylation sites (tertiary alicyclic amines) is 1. The standard InChI is InChI=1S/C16H26N2O2/c1-16(20-3)7-4-8-18(12-16)11-13-5-6-14(10-17)15(9-13)19-2/h5-6,9H,4,7-8,10-12,17H2,1-3H3. The summed E-state index contributed by atoms with van der Waals surface area (Å²) >= 11 is 0. The third-order valence-corrected chi connectivity index (χ3v) is 4.21. The van der Waals surface area contributed by atoms with Crippen LogP contribution in [0.25, 0.3) is 0 Å². The van der Waals surface area contributed by atoms with Gasteiger partial charge < -0.3 is 15.2 Å². The SMILES string of the molecule is COc1cc(CN2CCCC(C)(OC)C2)ccc1CN. The van der Waals surface area contributed by atoms with Crippen molar-refractivity contribution in [1.29, 1.82) is 0 Å². The summed E-state index contributed by atoms with van der Waals surface area (Å²) in [5.74, 6) is 0.886. The highest BCUT2D eigenvalue weighted by molar-refractivity contribution is 5.37. The van der Waals surface area contributed by atoms with Crippen molar-refractivity contribution in [1.82, 2.24) is 4.90 Å². The van der Waals surface area contributed by atoms with Gasteiger partial charge in [-0.3, -0.25) is 4.90 Å². The van der Waals surface area contributed by atoms with Gasteiger partial charge in [-0.1, -0.05) is 12.1 Å². The molecule has 0 amide bonds. The maximum absolute atomic E-state index is 5.71. The highest BCUT2D eigenvalue weighted by atomic mass is 16.5. The van der Waals surface area contributed by atoms with Crippen molar-refractivity contribution in [2.75, 3.05) is 27.3 Å². The van der Waals surface area contributed by atoms with Gasteiger partial charge >= 0.3 is 0 Å². The van der Waals surface area contributed by atoms with Gasteiger partial charge in [-0.2, -0.15) is 0 Å². The first-order valence-corrected chi connectivity index (χ1v) is 7.23. The van der Waals surface area contributed by atoms with Crippen LogP contribution in [0.1, 0.15) is 30.9 Å². The van der Waals surface area contributed by atoms with Crippen molar-refractivity contribution in [3.05, 3.63) is 29.3 Å². The van der Waals surface area contributed by atoms with E-state index >= 15 is 0 Å². The summed E-state index contributed by atoms with van der Waals surface area (Å²) in [4.78, 5) is 2.45. The fourth-order valence-corrected chi connectivity index (χ4v) is 2.92. The maximum atomic E-state index is 5.71. The molecule has 1 heterocycles. The largest absolute Gasteiger partial charge is 0.496 e. The van der Waals surface area contributed by atoms with Crippen molar-refractivity contribution in [2.24, 2.45) is 5.73 Å². The molecule has 0 aliphatic carbocycles. The monoisotopic (exact) mass is 278 g/mol. The number of rotatable bonds is 5. The van der Waals surface area contributed by atoms with Crippen LogP contribution in [0, 0.1) is 0 Å². The zero-order chi connectivity index (χ0) is 14.6. The highest BCUT2D eigenvalue weighted by Crippen LogP contribution is 2.26. The van der Waals surface area contributed by atoms with E-state index in [2.05, 4.69) is 30.0 Å². The molecule has 0 spiro atoms. The van der Waals surface area contributed by atoms with E-state index in [0.29, 0.717) is 6.54 Å². The van der Waals surface area contributed by atoms with Gasteiger partial charge in [0.25, 0.3) is 0 Å². The topological polar surface area (TPSA) is 47.7 Å². The second-order valence-electron chi connectivity index (χ2n) is 5.82. The summed E-state index contributed by atoms with van der Waals surface area (Å²) in [6, 6.07) is 6.30. The van der Waals surface area contributed by atoms with Crippen molar-refractivity contribution in [3.63, 3.8) is 0 Å². The Hall–Kier alpha value is -1.10. The molecule has 112 valence electrons. The Morgan fingerprint density at radius 2 is 2.15 bits per heavy atom. The number of nitrogens with two attached hydrogens (primary N) is 1. The maximum Gasteiger partial charge on any atom is 0.123 e. The molecule has 1 aliphatic rings. The molecule has 4 heteroatoms. The summed E-state index contributed by atoms with van der Waals surface area (Å²) in [5.41, 5.74) is 8.01. The van der Waals surface area contributed by atoms with Crippen molar-refractivity contribution in [2.45, 2.75) is 38.5 Å². The van der Waals surface area contributed by atoms with Crippen LogP contribution in [0.3, 0.4) is 0 Å². The van der Waals surface area contributed by atoms with Crippen LogP contribution in [0.4, 0.5) is 0 Å². The van der Waals surface area contributed by atoms with Gasteiger partial charge in [-0.25, -0.2) is 0 Å². The zero-order valence-corrected chi connectivity index (χ0v) is 12.8. The Labute approximate surface area is 121 Å². The van der Waals surface area contributed by atoms with Crippen LogP contribution >= 0.6 is 0 Å². The van der Waals surface area contributed by atoms with Gasteiger partial charge in [0.2, 0.25) is 0 Å². The molecule has 1 aromatic carbocycles. The minimum atomic E-state index is -0.0143. The van der Waals surface area contributed by atoms with Gasteiger partial charge in [-0.15, -0.1) is 0 Å². The molecule has 2 rings (SSSR count). The van der Waals surface area contributed by atoms with Crippen molar-refractivity contribution < 1.29 is 9.47 Å². The number of ether oxygens (including phenoxy) is 2. The van der Waals surface area contributed by atoms with Gasteiger partial charge in [0.05, 0.1) is 12.7 Å². The molecule has 4 nitrogen and oxygen atoms in total. The third kappa shape index (κ3) is 3.51. The number of piperidine rings is 1. The van der Waals surface area contributed by atoms with E-state index in [1.807, 2.05) is 7.11 Å². The van der Waals surface area contributed by atoms with Gasteiger partial charge in [0.1, 0.15) is 5.75 Å². The number of hydrogen-bond donors (Lipinski definition) is 1. The Bertz CT molecular complexity index is 450. The molecule has 20 heavy (non-hydrogen) atoms. The molecular formula is C16H26N2O2. The van der Waals surface area contributed by atoms with E-state index < -0.39 is 0 Å². The Morgan fingerprint density at radius 3 is 2.80 bits per heavy atom. The van der Waals surface area contributed by atoms with Gasteiger partial charge in [0.15, 0.2) is 0 Å². The first-order chi connectivity index (χ1) is 9.60. The zero-order valence-electron chi connectivity index (χ0n) is 12.8. The fourth-order valence-electron chi connectivity index (χ4n) is 2.92. The van der Waals surface area contributed by atoms with Gasteiger partial charge in [0, 0.05) is 32.3 Å². The first kappa shape index (κ1) is 15.3. The minimum absolute atomic E-state index is 0.0143. The van der Waals surface area contributed by atoms with Crippen molar-refractivity contribution >= 4 is 0 Å². The predicted molar refractivity (Wildman–Crippen MR) is 80.8 cm³/mol. The lowest BCUT2D eigenvalue weighted by molar-refractivity contribution is -0.0527. The molecule has 1 atom stereocenters. The van der Waals surface area contributed by atoms with E-state index in [1.165, 1.54) is 12.0 Å². The number of benzene rings is 1. The average Bonchev–Trinajstić information content (AvgIpc) is 2.47. The molecule has 1 fully saturated rings. The highest BCUT2D eigenvalue weighted by Gasteiger charge is 2.30. The van der Waals surface area contributed by atoms with E-state index in [-0.39, 0.29) is 5.60 Å². The molecule has 1 unspecified atom stereocenters. The quantitative estimate of drug-likeness (QED) is 0.896. The summed E-state index contributed by atoms with van der Waals surface area (Å²) < 4.78 is 11.1. The average molecular weight is 278 g/mol. The van der Waals surface area contributed by atoms with E-state index in [4.69, 9.17) is 15.2 Å². The van der Waals surface area contributed by atoms with Crippen LogP contribution in [0.2, 0.25) is 0 Å². The van der Waals surface area contributed by atoms with Crippen molar-refractivity contribution in [3.8, 4) is 5.75 Å². The molecule has 0 aromatic heterocycles. The Morgan fingerprint density at radius 1 is 1.35 bits per heavy atom. The molecule has 0 saturated carbocycles. The molecule has 1 saturated heterocycles.